The largest absolute Gasteiger partial charge is 0.461 e. The Balaban J connectivity index is 2.01. The van der Waals surface area contributed by atoms with Crippen molar-refractivity contribution in [3.8, 4) is 5.69 Å². The summed E-state index contributed by atoms with van der Waals surface area (Å²) in [4.78, 5) is 14.5. The van der Waals surface area contributed by atoms with Gasteiger partial charge >= 0.3 is 5.97 Å². The third kappa shape index (κ3) is 1.97. The Morgan fingerprint density at radius 1 is 1.42 bits per heavy atom. The van der Waals surface area contributed by atoms with Crippen LogP contribution in [0.25, 0.3) is 16.7 Å². The lowest BCUT2D eigenvalue weighted by Gasteiger charge is -1.98. The Labute approximate surface area is 109 Å². The van der Waals surface area contributed by atoms with E-state index in [0.29, 0.717) is 12.3 Å². The van der Waals surface area contributed by atoms with Gasteiger partial charge in [0.2, 0.25) is 0 Å². The third-order valence-corrected chi connectivity index (χ3v) is 2.76. The third-order valence-electron chi connectivity index (χ3n) is 2.76. The maximum absolute atomic E-state index is 11.6. The normalized spacial score (nSPS) is 10.8. The van der Waals surface area contributed by atoms with Gasteiger partial charge in [0.15, 0.2) is 0 Å². The predicted molar refractivity (Wildman–Crippen MR) is 69.2 cm³/mol. The van der Waals surface area contributed by atoms with Crippen molar-refractivity contribution in [2.45, 2.75) is 6.92 Å². The van der Waals surface area contributed by atoms with Gasteiger partial charge in [-0.05, 0) is 25.1 Å². The summed E-state index contributed by atoms with van der Waals surface area (Å²) >= 11 is 0. The Bertz CT molecular complexity index is 729. The van der Waals surface area contributed by atoms with Crippen LogP contribution < -0.4 is 0 Å². The molecule has 0 amide bonds. The van der Waals surface area contributed by atoms with E-state index in [1.807, 2.05) is 24.3 Å². The minimum absolute atomic E-state index is 0.347. The number of benzene rings is 1. The maximum atomic E-state index is 11.6. The number of esters is 1. The Morgan fingerprint density at radius 2 is 2.26 bits per heavy atom. The van der Waals surface area contributed by atoms with Crippen molar-refractivity contribution in [1.82, 2.24) is 20.0 Å². The first kappa shape index (κ1) is 11.5. The van der Waals surface area contributed by atoms with Crippen LogP contribution in [0.4, 0.5) is 0 Å². The van der Waals surface area contributed by atoms with Gasteiger partial charge in [-0.3, -0.25) is 0 Å². The van der Waals surface area contributed by atoms with Crippen LogP contribution in [0.5, 0.6) is 0 Å². The zero-order valence-electron chi connectivity index (χ0n) is 10.3. The minimum atomic E-state index is -0.377. The number of hydrogen-bond acceptors (Lipinski definition) is 4. The number of nitrogens with one attached hydrogen (secondary N) is 1. The highest BCUT2D eigenvalue weighted by Gasteiger charge is 2.12. The molecule has 2 aromatic heterocycles. The number of para-hydroxylation sites is 1. The molecule has 3 rings (SSSR count). The Kier molecular flexibility index (Phi) is 2.75. The van der Waals surface area contributed by atoms with E-state index in [0.717, 1.165) is 16.7 Å². The fraction of sp³-hybridized carbons (Fsp3) is 0.154. The van der Waals surface area contributed by atoms with Gasteiger partial charge in [-0.1, -0.05) is 17.3 Å². The lowest BCUT2D eigenvalue weighted by atomic mass is 10.3. The number of carbonyl (C=O) groups excluding carboxylic acids is 1. The van der Waals surface area contributed by atoms with Gasteiger partial charge in [0, 0.05) is 6.20 Å². The number of nitrogens with zero attached hydrogens (tertiary/aromatic N) is 3. The van der Waals surface area contributed by atoms with Crippen LogP contribution >= 0.6 is 0 Å². The van der Waals surface area contributed by atoms with Crippen LogP contribution in [-0.2, 0) is 4.74 Å². The van der Waals surface area contributed by atoms with Crippen LogP contribution in [0.1, 0.15) is 17.4 Å². The molecule has 0 aliphatic rings. The quantitative estimate of drug-likeness (QED) is 0.727. The van der Waals surface area contributed by atoms with Crippen molar-refractivity contribution in [2.75, 3.05) is 6.61 Å². The van der Waals surface area contributed by atoms with Crippen molar-refractivity contribution in [2.24, 2.45) is 0 Å². The topological polar surface area (TPSA) is 72.8 Å². The van der Waals surface area contributed by atoms with Crippen molar-refractivity contribution in [1.29, 1.82) is 0 Å². The average molecular weight is 256 g/mol. The van der Waals surface area contributed by atoms with Crippen LogP contribution in [0.3, 0.4) is 0 Å². The predicted octanol–water partition coefficient (Wildman–Crippen LogP) is 1.93. The van der Waals surface area contributed by atoms with Crippen molar-refractivity contribution >= 4 is 17.0 Å². The average Bonchev–Trinajstić information content (AvgIpc) is 3.05. The summed E-state index contributed by atoms with van der Waals surface area (Å²) in [6.07, 6.45) is 1.70. The summed E-state index contributed by atoms with van der Waals surface area (Å²) in [5.41, 5.74) is 2.84. The number of H-pyrrole nitrogens is 1. The number of hydrogen-bond donors (Lipinski definition) is 1. The maximum Gasteiger partial charge on any atom is 0.354 e. The zero-order chi connectivity index (χ0) is 13.2. The molecule has 6 nitrogen and oxygen atoms in total. The summed E-state index contributed by atoms with van der Waals surface area (Å²) in [5, 5.41) is 8.15. The first-order valence-corrected chi connectivity index (χ1v) is 5.96. The van der Waals surface area contributed by atoms with Crippen molar-refractivity contribution in [3.63, 3.8) is 0 Å². The lowest BCUT2D eigenvalue weighted by molar-refractivity contribution is 0.0520. The summed E-state index contributed by atoms with van der Waals surface area (Å²) in [7, 11) is 0. The Morgan fingerprint density at radius 3 is 3.11 bits per heavy atom. The molecule has 1 aromatic carbocycles. The van der Waals surface area contributed by atoms with E-state index in [4.69, 9.17) is 4.74 Å². The highest BCUT2D eigenvalue weighted by molar-refractivity contribution is 5.88. The molecule has 0 saturated heterocycles. The number of aromatic amines is 1. The fourth-order valence-electron chi connectivity index (χ4n) is 1.89. The van der Waals surface area contributed by atoms with Gasteiger partial charge < -0.3 is 9.72 Å². The highest BCUT2D eigenvalue weighted by Crippen LogP contribution is 2.16. The van der Waals surface area contributed by atoms with E-state index in [-0.39, 0.29) is 5.97 Å². The first-order valence-electron chi connectivity index (χ1n) is 5.96. The fourth-order valence-corrected chi connectivity index (χ4v) is 1.89. The van der Waals surface area contributed by atoms with E-state index in [1.54, 1.807) is 23.9 Å². The molecule has 0 bridgehead atoms. The van der Waals surface area contributed by atoms with Crippen LogP contribution in [0, 0.1) is 0 Å². The number of fused-ring (bicyclic) bond motifs is 1. The number of rotatable bonds is 3. The molecular formula is C13H12N4O2. The first-order chi connectivity index (χ1) is 9.29. The summed E-state index contributed by atoms with van der Waals surface area (Å²) in [6, 6.07) is 9.33. The molecule has 0 fully saturated rings. The van der Waals surface area contributed by atoms with Crippen molar-refractivity contribution < 1.29 is 9.53 Å². The van der Waals surface area contributed by atoms with Gasteiger partial charge in [-0.15, -0.1) is 5.10 Å². The Hall–Kier alpha value is -2.63. The molecule has 6 heteroatoms. The van der Waals surface area contributed by atoms with Gasteiger partial charge in [-0.2, -0.15) is 0 Å². The second-order valence-electron chi connectivity index (χ2n) is 3.98. The number of aromatic nitrogens is 4. The van der Waals surface area contributed by atoms with Crippen LogP contribution in [0.2, 0.25) is 0 Å². The zero-order valence-corrected chi connectivity index (χ0v) is 10.3. The molecule has 1 N–H and O–H groups in total. The summed E-state index contributed by atoms with van der Waals surface area (Å²) in [6.45, 7) is 2.12. The second-order valence-corrected chi connectivity index (χ2v) is 3.98. The van der Waals surface area contributed by atoms with Gasteiger partial charge in [0.1, 0.15) is 11.2 Å². The minimum Gasteiger partial charge on any atom is -0.461 e. The van der Waals surface area contributed by atoms with Crippen LogP contribution in [-0.4, -0.2) is 32.6 Å². The molecule has 19 heavy (non-hydrogen) atoms. The monoisotopic (exact) mass is 256 g/mol. The number of ether oxygens (including phenoxy) is 1. The SMILES string of the molecule is CCOC(=O)c1cc(-n2nnc3ccccc32)c[nH]1. The van der Waals surface area contributed by atoms with Crippen molar-refractivity contribution in [3.05, 3.63) is 42.2 Å². The standard InChI is InChI=1S/C13H12N4O2/c1-2-19-13(18)11-7-9(8-14-11)17-12-6-4-3-5-10(12)15-16-17/h3-8,14H,2H2,1H3. The van der Waals surface area contributed by atoms with Crippen LogP contribution in [0.15, 0.2) is 36.5 Å². The molecule has 0 radical (unpaired) electrons. The lowest BCUT2D eigenvalue weighted by Crippen LogP contribution is -2.04. The molecule has 3 aromatic rings. The van der Waals surface area contributed by atoms with E-state index in [2.05, 4.69) is 15.3 Å². The highest BCUT2D eigenvalue weighted by atomic mass is 16.5. The molecule has 96 valence electrons. The molecule has 0 aliphatic heterocycles. The smallest absolute Gasteiger partial charge is 0.354 e. The summed E-state index contributed by atoms with van der Waals surface area (Å²) < 4.78 is 6.61. The van der Waals surface area contributed by atoms with E-state index >= 15 is 0 Å². The van der Waals surface area contributed by atoms with E-state index in [9.17, 15) is 4.79 Å². The molecule has 2 heterocycles. The molecular weight excluding hydrogens is 244 g/mol. The molecule has 0 atom stereocenters. The van der Waals surface area contributed by atoms with E-state index in [1.165, 1.54) is 0 Å². The number of carbonyl (C=O) groups is 1. The van der Waals surface area contributed by atoms with Gasteiger partial charge in [0.05, 0.1) is 17.8 Å². The second kappa shape index (κ2) is 4.56. The molecule has 0 saturated carbocycles. The van der Waals surface area contributed by atoms with E-state index < -0.39 is 0 Å². The molecule has 0 unspecified atom stereocenters. The molecule has 0 spiro atoms. The van der Waals surface area contributed by atoms with Gasteiger partial charge in [-0.25, -0.2) is 9.48 Å². The molecule has 0 aliphatic carbocycles. The van der Waals surface area contributed by atoms with Gasteiger partial charge in [0.25, 0.3) is 0 Å². The summed E-state index contributed by atoms with van der Waals surface area (Å²) in [5.74, 6) is -0.377.